The largest absolute Gasteiger partial charge is 0.360 e. The number of nitrogens with zero attached hydrogens (tertiary/aromatic N) is 2. The van der Waals surface area contributed by atoms with Gasteiger partial charge in [-0.3, -0.25) is 0 Å². The third kappa shape index (κ3) is 4.43. The molecule has 19 heavy (non-hydrogen) atoms. The molecule has 0 aliphatic heterocycles. The smallest absolute Gasteiger partial charge is 0.319 e. The van der Waals surface area contributed by atoms with Crippen molar-refractivity contribution in [3.8, 4) is 0 Å². The van der Waals surface area contributed by atoms with Gasteiger partial charge in [0.15, 0.2) is 0 Å². The zero-order valence-electron chi connectivity index (χ0n) is 11.6. The van der Waals surface area contributed by atoms with Gasteiger partial charge in [0, 0.05) is 19.6 Å². The van der Waals surface area contributed by atoms with Gasteiger partial charge in [-0.25, -0.2) is 9.78 Å². The fourth-order valence-electron chi connectivity index (χ4n) is 1.78. The van der Waals surface area contributed by atoms with Crippen LogP contribution >= 0.6 is 0 Å². The Labute approximate surface area is 114 Å². The number of pyridine rings is 1. The summed E-state index contributed by atoms with van der Waals surface area (Å²) in [4.78, 5) is 18.0. The minimum Gasteiger partial charge on any atom is -0.360 e. The van der Waals surface area contributed by atoms with Crippen molar-refractivity contribution >= 4 is 17.5 Å². The molecule has 1 heterocycles. The van der Waals surface area contributed by atoms with E-state index in [9.17, 15) is 4.79 Å². The summed E-state index contributed by atoms with van der Waals surface area (Å²) in [5.74, 6) is 0.932. The number of carbonyl (C=O) groups is 1. The predicted octanol–water partition coefficient (Wildman–Crippen LogP) is 2.60. The summed E-state index contributed by atoms with van der Waals surface area (Å²) in [7, 11) is 2.03. The van der Waals surface area contributed by atoms with Crippen LogP contribution in [0.5, 0.6) is 0 Å². The molecular formula is C14H22N4O. The van der Waals surface area contributed by atoms with Gasteiger partial charge in [0.05, 0.1) is 11.9 Å². The first-order valence-electron chi connectivity index (χ1n) is 6.93. The number of urea groups is 1. The van der Waals surface area contributed by atoms with Crippen molar-refractivity contribution in [2.24, 2.45) is 0 Å². The Bertz CT molecular complexity index is 414. The highest BCUT2D eigenvalue weighted by Gasteiger charge is 2.23. The van der Waals surface area contributed by atoms with Crippen LogP contribution in [0.15, 0.2) is 18.3 Å². The zero-order chi connectivity index (χ0) is 13.7. The minimum absolute atomic E-state index is 0.142. The molecule has 1 aliphatic carbocycles. The molecule has 0 spiro atoms. The second-order valence-electron chi connectivity index (χ2n) is 5.05. The van der Waals surface area contributed by atoms with Crippen molar-refractivity contribution < 1.29 is 4.79 Å². The third-order valence-corrected chi connectivity index (χ3v) is 3.16. The zero-order valence-corrected chi connectivity index (χ0v) is 11.6. The van der Waals surface area contributed by atoms with Crippen molar-refractivity contribution in [3.63, 3.8) is 0 Å². The van der Waals surface area contributed by atoms with E-state index in [0.29, 0.717) is 6.04 Å². The number of anilines is 2. The van der Waals surface area contributed by atoms with E-state index in [1.54, 1.807) is 6.20 Å². The number of nitrogens with one attached hydrogen (secondary N) is 2. The molecular weight excluding hydrogens is 240 g/mol. The standard InChI is InChI=1S/C14H22N4O/c1-3-4-9-18(2)13-8-7-12(10-15-13)17-14(19)16-11-5-6-11/h7-8,10-11H,3-6,9H2,1-2H3,(H2,16,17,19). The molecule has 1 aliphatic rings. The first kappa shape index (κ1) is 13.6. The molecule has 0 aromatic carbocycles. The van der Waals surface area contributed by atoms with Crippen molar-refractivity contribution in [2.45, 2.75) is 38.6 Å². The summed E-state index contributed by atoms with van der Waals surface area (Å²) in [6.07, 6.45) is 6.21. The average molecular weight is 262 g/mol. The molecule has 0 unspecified atom stereocenters. The third-order valence-electron chi connectivity index (χ3n) is 3.16. The molecule has 1 aromatic rings. The van der Waals surface area contributed by atoms with E-state index in [4.69, 9.17) is 0 Å². The van der Waals surface area contributed by atoms with Gasteiger partial charge >= 0.3 is 6.03 Å². The van der Waals surface area contributed by atoms with E-state index in [2.05, 4.69) is 27.4 Å². The van der Waals surface area contributed by atoms with Crippen LogP contribution in [-0.4, -0.2) is 30.6 Å². The maximum atomic E-state index is 11.6. The van der Waals surface area contributed by atoms with Crippen molar-refractivity contribution in [1.82, 2.24) is 10.3 Å². The minimum atomic E-state index is -0.142. The highest BCUT2D eigenvalue weighted by molar-refractivity contribution is 5.89. The van der Waals surface area contributed by atoms with Crippen LogP contribution in [0.2, 0.25) is 0 Å². The normalized spacial score (nSPS) is 14.0. The quantitative estimate of drug-likeness (QED) is 0.828. The molecule has 2 amide bonds. The van der Waals surface area contributed by atoms with E-state index < -0.39 is 0 Å². The van der Waals surface area contributed by atoms with Crippen molar-refractivity contribution in [1.29, 1.82) is 0 Å². The van der Waals surface area contributed by atoms with E-state index in [1.807, 2.05) is 19.2 Å². The summed E-state index contributed by atoms with van der Waals surface area (Å²) in [6, 6.07) is 4.04. The summed E-state index contributed by atoms with van der Waals surface area (Å²) in [6.45, 7) is 3.17. The molecule has 1 aromatic heterocycles. The van der Waals surface area contributed by atoms with Crippen LogP contribution in [0.25, 0.3) is 0 Å². The van der Waals surface area contributed by atoms with Crippen LogP contribution in [0.1, 0.15) is 32.6 Å². The van der Waals surface area contributed by atoms with E-state index in [0.717, 1.165) is 37.3 Å². The van der Waals surface area contributed by atoms with E-state index in [1.165, 1.54) is 6.42 Å². The summed E-state index contributed by atoms with van der Waals surface area (Å²) in [5.41, 5.74) is 0.728. The van der Waals surface area contributed by atoms with Crippen molar-refractivity contribution in [3.05, 3.63) is 18.3 Å². The van der Waals surface area contributed by atoms with Gasteiger partial charge < -0.3 is 15.5 Å². The van der Waals surface area contributed by atoms with Gasteiger partial charge in [0.1, 0.15) is 5.82 Å². The summed E-state index contributed by atoms with van der Waals surface area (Å²) < 4.78 is 0. The Morgan fingerprint density at radius 3 is 2.84 bits per heavy atom. The molecule has 0 bridgehead atoms. The Morgan fingerprint density at radius 2 is 2.26 bits per heavy atom. The molecule has 104 valence electrons. The van der Waals surface area contributed by atoms with Crippen LogP contribution in [-0.2, 0) is 0 Å². The molecule has 5 heteroatoms. The van der Waals surface area contributed by atoms with Crippen LogP contribution in [0.4, 0.5) is 16.3 Å². The van der Waals surface area contributed by atoms with Gasteiger partial charge in [0.25, 0.3) is 0 Å². The second-order valence-corrected chi connectivity index (χ2v) is 5.05. The van der Waals surface area contributed by atoms with Gasteiger partial charge in [0.2, 0.25) is 0 Å². The fourth-order valence-corrected chi connectivity index (χ4v) is 1.78. The Morgan fingerprint density at radius 1 is 1.47 bits per heavy atom. The molecule has 0 radical (unpaired) electrons. The number of carbonyl (C=O) groups excluding carboxylic acids is 1. The summed E-state index contributed by atoms with van der Waals surface area (Å²) in [5, 5.41) is 5.67. The molecule has 5 nitrogen and oxygen atoms in total. The van der Waals surface area contributed by atoms with Gasteiger partial charge in [-0.1, -0.05) is 13.3 Å². The molecule has 1 saturated carbocycles. The maximum Gasteiger partial charge on any atom is 0.319 e. The second kappa shape index (κ2) is 6.41. The van der Waals surface area contributed by atoms with Crippen LogP contribution in [0, 0.1) is 0 Å². The maximum absolute atomic E-state index is 11.6. The summed E-state index contributed by atoms with van der Waals surface area (Å²) >= 11 is 0. The fraction of sp³-hybridized carbons (Fsp3) is 0.571. The number of aromatic nitrogens is 1. The highest BCUT2D eigenvalue weighted by atomic mass is 16.2. The number of rotatable bonds is 6. The van der Waals surface area contributed by atoms with Crippen LogP contribution < -0.4 is 15.5 Å². The van der Waals surface area contributed by atoms with E-state index >= 15 is 0 Å². The Balaban J connectivity index is 1.84. The Hall–Kier alpha value is -1.78. The lowest BCUT2D eigenvalue weighted by Gasteiger charge is -2.17. The Kier molecular flexibility index (Phi) is 4.60. The average Bonchev–Trinajstić information content (AvgIpc) is 3.20. The topological polar surface area (TPSA) is 57.3 Å². The first-order valence-corrected chi connectivity index (χ1v) is 6.93. The molecule has 0 saturated heterocycles. The number of unbranched alkanes of at least 4 members (excludes halogenated alkanes) is 1. The SMILES string of the molecule is CCCCN(C)c1ccc(NC(=O)NC2CC2)cn1. The molecule has 1 fully saturated rings. The lowest BCUT2D eigenvalue weighted by atomic mass is 10.3. The first-order chi connectivity index (χ1) is 9.19. The van der Waals surface area contributed by atoms with Crippen molar-refractivity contribution in [2.75, 3.05) is 23.8 Å². The lowest BCUT2D eigenvalue weighted by Crippen LogP contribution is -2.30. The number of hydrogen-bond donors (Lipinski definition) is 2. The van der Waals surface area contributed by atoms with E-state index in [-0.39, 0.29) is 6.03 Å². The molecule has 2 rings (SSSR count). The van der Waals surface area contributed by atoms with Gasteiger partial charge in [-0.15, -0.1) is 0 Å². The van der Waals surface area contributed by atoms with Crippen LogP contribution in [0.3, 0.4) is 0 Å². The molecule has 2 N–H and O–H groups in total. The van der Waals surface area contributed by atoms with Gasteiger partial charge in [-0.05, 0) is 31.4 Å². The highest BCUT2D eigenvalue weighted by Crippen LogP contribution is 2.19. The van der Waals surface area contributed by atoms with Gasteiger partial charge in [-0.2, -0.15) is 0 Å². The predicted molar refractivity (Wildman–Crippen MR) is 77.6 cm³/mol. The molecule has 0 atom stereocenters. The number of amides is 2. The lowest BCUT2D eigenvalue weighted by molar-refractivity contribution is 0.251. The monoisotopic (exact) mass is 262 g/mol. The number of hydrogen-bond acceptors (Lipinski definition) is 3.